The van der Waals surface area contributed by atoms with Crippen LogP contribution in [0.1, 0.15) is 27.2 Å². The molecule has 1 atom stereocenters. The van der Waals surface area contributed by atoms with Crippen molar-refractivity contribution in [2.75, 3.05) is 6.54 Å². The van der Waals surface area contributed by atoms with Gasteiger partial charge in [0.2, 0.25) is 11.1 Å². The van der Waals surface area contributed by atoms with Crippen molar-refractivity contribution in [1.29, 1.82) is 0 Å². The van der Waals surface area contributed by atoms with E-state index in [0.29, 0.717) is 28.5 Å². The van der Waals surface area contributed by atoms with Gasteiger partial charge in [-0.05, 0) is 43.5 Å². The Morgan fingerprint density at radius 1 is 1.30 bits per heavy atom. The van der Waals surface area contributed by atoms with Crippen LogP contribution in [-0.2, 0) is 4.79 Å². The van der Waals surface area contributed by atoms with Gasteiger partial charge in [-0.2, -0.15) is 0 Å². The summed E-state index contributed by atoms with van der Waals surface area (Å²) in [6.07, 6.45) is 0.977. The molecule has 0 bridgehead atoms. The maximum absolute atomic E-state index is 12.0. The van der Waals surface area contributed by atoms with Gasteiger partial charge in [0.05, 0.1) is 5.25 Å². The second-order valence-electron chi connectivity index (χ2n) is 5.71. The third kappa shape index (κ3) is 5.55. The van der Waals surface area contributed by atoms with Crippen LogP contribution in [0.5, 0.6) is 0 Å². The minimum atomic E-state index is -0.240. The first-order valence-corrected chi connectivity index (χ1v) is 8.84. The van der Waals surface area contributed by atoms with Gasteiger partial charge in [-0.15, -0.1) is 5.10 Å². The number of hydrogen-bond acceptors (Lipinski definition) is 4. The van der Waals surface area contributed by atoms with Crippen LogP contribution >= 0.6 is 23.4 Å². The van der Waals surface area contributed by atoms with Gasteiger partial charge in [0, 0.05) is 17.1 Å². The molecule has 5 nitrogen and oxygen atoms in total. The Bertz CT molecular complexity index is 642. The van der Waals surface area contributed by atoms with E-state index in [2.05, 4.69) is 34.3 Å². The number of thioether (sulfide) groups is 1. The van der Waals surface area contributed by atoms with Crippen molar-refractivity contribution >= 4 is 29.3 Å². The zero-order chi connectivity index (χ0) is 16.8. The molecule has 1 aromatic heterocycles. The average molecular weight is 353 g/mol. The SMILES string of the molecule is CC(C)CCNC(=O)C(C)Sc1n[nH]c(-c2ccc(Cl)cc2)n1. The van der Waals surface area contributed by atoms with E-state index in [4.69, 9.17) is 11.6 Å². The molecule has 0 aliphatic rings. The molecular formula is C16H21ClN4OS. The monoisotopic (exact) mass is 352 g/mol. The molecule has 1 unspecified atom stereocenters. The Labute approximate surface area is 145 Å². The van der Waals surface area contributed by atoms with Crippen LogP contribution in [0.3, 0.4) is 0 Å². The van der Waals surface area contributed by atoms with Gasteiger partial charge in [-0.25, -0.2) is 4.98 Å². The van der Waals surface area contributed by atoms with Crippen molar-refractivity contribution in [1.82, 2.24) is 20.5 Å². The number of nitrogens with zero attached hydrogens (tertiary/aromatic N) is 2. The predicted molar refractivity (Wildman–Crippen MR) is 94.6 cm³/mol. The molecule has 0 spiro atoms. The lowest BCUT2D eigenvalue weighted by Crippen LogP contribution is -2.32. The number of aromatic amines is 1. The van der Waals surface area contributed by atoms with E-state index < -0.39 is 0 Å². The van der Waals surface area contributed by atoms with E-state index in [0.717, 1.165) is 12.0 Å². The number of amides is 1. The summed E-state index contributed by atoms with van der Waals surface area (Å²) < 4.78 is 0. The number of aromatic nitrogens is 3. The van der Waals surface area contributed by atoms with Crippen LogP contribution in [0, 0.1) is 5.92 Å². The lowest BCUT2D eigenvalue weighted by atomic mass is 10.1. The van der Waals surface area contributed by atoms with Crippen LogP contribution in [0.25, 0.3) is 11.4 Å². The fraction of sp³-hybridized carbons (Fsp3) is 0.438. The maximum Gasteiger partial charge on any atom is 0.233 e. The highest BCUT2D eigenvalue weighted by Gasteiger charge is 2.17. The number of carbonyl (C=O) groups excluding carboxylic acids is 1. The molecule has 7 heteroatoms. The van der Waals surface area contributed by atoms with Crippen molar-refractivity contribution in [2.24, 2.45) is 5.92 Å². The molecule has 0 saturated carbocycles. The summed E-state index contributed by atoms with van der Waals surface area (Å²) in [5.41, 5.74) is 0.905. The first kappa shape index (κ1) is 17.8. The predicted octanol–water partition coefficient (Wildman–Crippen LogP) is 3.77. The largest absolute Gasteiger partial charge is 0.355 e. The molecule has 0 saturated heterocycles. The first-order valence-electron chi connectivity index (χ1n) is 7.58. The second kappa shape index (κ2) is 8.36. The van der Waals surface area contributed by atoms with Crippen LogP contribution in [0.15, 0.2) is 29.4 Å². The van der Waals surface area contributed by atoms with Crippen LogP contribution in [0.4, 0.5) is 0 Å². The Hall–Kier alpha value is -1.53. The topological polar surface area (TPSA) is 70.7 Å². The summed E-state index contributed by atoms with van der Waals surface area (Å²) in [4.78, 5) is 16.4. The summed E-state index contributed by atoms with van der Waals surface area (Å²) in [6.45, 7) is 6.83. The van der Waals surface area contributed by atoms with Gasteiger partial charge >= 0.3 is 0 Å². The number of hydrogen-bond donors (Lipinski definition) is 2. The number of benzene rings is 1. The van der Waals surface area contributed by atoms with Crippen molar-refractivity contribution in [2.45, 2.75) is 37.6 Å². The number of halogens is 1. The van der Waals surface area contributed by atoms with Crippen LogP contribution in [0.2, 0.25) is 5.02 Å². The first-order chi connectivity index (χ1) is 11.0. The molecule has 1 amide bonds. The third-order valence-electron chi connectivity index (χ3n) is 3.25. The molecule has 2 N–H and O–H groups in total. The van der Waals surface area contributed by atoms with Crippen LogP contribution in [-0.4, -0.2) is 32.9 Å². The summed E-state index contributed by atoms with van der Waals surface area (Å²) in [7, 11) is 0. The normalized spacial score (nSPS) is 12.4. The summed E-state index contributed by atoms with van der Waals surface area (Å²) >= 11 is 7.21. The van der Waals surface area contributed by atoms with Crippen molar-refractivity contribution in [3.05, 3.63) is 29.3 Å². The minimum Gasteiger partial charge on any atom is -0.355 e. The quantitative estimate of drug-likeness (QED) is 0.744. The zero-order valence-corrected chi connectivity index (χ0v) is 15.0. The lowest BCUT2D eigenvalue weighted by molar-refractivity contribution is -0.120. The number of H-pyrrole nitrogens is 1. The lowest BCUT2D eigenvalue weighted by Gasteiger charge is -2.11. The molecule has 0 fully saturated rings. The fourth-order valence-corrected chi connectivity index (χ4v) is 2.75. The van der Waals surface area contributed by atoms with Gasteiger partial charge in [-0.3, -0.25) is 9.89 Å². The third-order valence-corrected chi connectivity index (χ3v) is 4.47. The van der Waals surface area contributed by atoms with Crippen molar-refractivity contribution in [3.8, 4) is 11.4 Å². The maximum atomic E-state index is 12.0. The van der Waals surface area contributed by atoms with E-state index in [1.54, 1.807) is 12.1 Å². The Balaban J connectivity index is 1.90. The summed E-state index contributed by atoms with van der Waals surface area (Å²) in [6, 6.07) is 7.35. The Kier molecular flexibility index (Phi) is 6.47. The van der Waals surface area contributed by atoms with Crippen molar-refractivity contribution < 1.29 is 4.79 Å². The van der Waals surface area contributed by atoms with Gasteiger partial charge in [0.1, 0.15) is 0 Å². The molecule has 1 aromatic carbocycles. The van der Waals surface area contributed by atoms with E-state index >= 15 is 0 Å². The Morgan fingerprint density at radius 3 is 2.65 bits per heavy atom. The summed E-state index contributed by atoms with van der Waals surface area (Å²) in [5, 5.41) is 11.0. The fourth-order valence-electron chi connectivity index (χ4n) is 1.88. The summed E-state index contributed by atoms with van der Waals surface area (Å²) in [5.74, 6) is 1.25. The molecule has 2 rings (SSSR count). The highest BCUT2D eigenvalue weighted by molar-refractivity contribution is 8.00. The zero-order valence-electron chi connectivity index (χ0n) is 13.5. The second-order valence-corrected chi connectivity index (χ2v) is 7.45. The molecule has 0 aliphatic carbocycles. The highest BCUT2D eigenvalue weighted by atomic mass is 35.5. The number of rotatable bonds is 7. The average Bonchev–Trinajstić information content (AvgIpc) is 2.96. The number of carbonyl (C=O) groups is 1. The van der Waals surface area contributed by atoms with Crippen LogP contribution < -0.4 is 5.32 Å². The van der Waals surface area contributed by atoms with E-state index in [9.17, 15) is 4.79 Å². The van der Waals surface area contributed by atoms with Crippen molar-refractivity contribution in [3.63, 3.8) is 0 Å². The van der Waals surface area contributed by atoms with Gasteiger partial charge in [-0.1, -0.05) is 37.2 Å². The molecule has 0 radical (unpaired) electrons. The molecular weight excluding hydrogens is 332 g/mol. The standard InChI is InChI=1S/C16H21ClN4OS/c1-10(2)8-9-18-15(22)11(3)23-16-19-14(20-21-16)12-4-6-13(17)7-5-12/h4-7,10-11H,8-9H2,1-3H3,(H,18,22)(H,19,20,21). The molecule has 23 heavy (non-hydrogen) atoms. The van der Waals surface area contributed by atoms with Gasteiger partial charge < -0.3 is 5.32 Å². The molecule has 0 aliphatic heterocycles. The van der Waals surface area contributed by atoms with Gasteiger partial charge in [0.15, 0.2) is 5.82 Å². The molecule has 1 heterocycles. The van der Waals surface area contributed by atoms with Gasteiger partial charge in [0.25, 0.3) is 0 Å². The molecule has 2 aromatic rings. The smallest absolute Gasteiger partial charge is 0.233 e. The van der Waals surface area contributed by atoms with E-state index in [1.165, 1.54) is 11.8 Å². The highest BCUT2D eigenvalue weighted by Crippen LogP contribution is 2.23. The number of nitrogens with one attached hydrogen (secondary N) is 2. The Morgan fingerprint density at radius 2 is 2.00 bits per heavy atom. The molecule has 124 valence electrons. The van der Waals surface area contributed by atoms with E-state index in [-0.39, 0.29) is 11.2 Å². The van der Waals surface area contributed by atoms with E-state index in [1.807, 2.05) is 19.1 Å². The minimum absolute atomic E-state index is 0.00786.